The maximum absolute atomic E-state index is 10.5. The predicted octanol–water partition coefficient (Wildman–Crippen LogP) is 0.0757. The molecule has 1 rings (SSSR count). The first-order chi connectivity index (χ1) is 5.15. The molecule has 0 aromatic carbocycles. The van der Waals surface area contributed by atoms with Gasteiger partial charge in [0.15, 0.2) is 5.69 Å². The number of carboxylic acid groups (broad SMARTS) is 1. The number of aromatic carboxylic acids is 1. The minimum atomic E-state index is -1.02. The van der Waals surface area contributed by atoms with E-state index in [1.54, 1.807) is 7.05 Å². The average Bonchev–Trinajstić information content (AvgIpc) is 2.30. The van der Waals surface area contributed by atoms with Gasteiger partial charge < -0.3 is 5.11 Å². The molecule has 5 heteroatoms. The van der Waals surface area contributed by atoms with Crippen molar-refractivity contribution in [2.24, 2.45) is 7.05 Å². The minimum Gasteiger partial charge on any atom is -0.476 e. The smallest absolute Gasteiger partial charge is 0.358 e. The highest BCUT2D eigenvalue weighted by atomic mass is 16.4. The summed E-state index contributed by atoms with van der Waals surface area (Å²) >= 11 is 0. The summed E-state index contributed by atoms with van der Waals surface area (Å²) in [7, 11) is 1.60. The Balaban J connectivity index is 3.12. The molecule has 5 nitrogen and oxygen atoms in total. The Hall–Kier alpha value is -1.39. The summed E-state index contributed by atoms with van der Waals surface area (Å²) in [5.74, 6) is -1.02. The zero-order valence-electron chi connectivity index (χ0n) is 6.40. The summed E-state index contributed by atoms with van der Waals surface area (Å²) in [5.41, 5.74) is 0.579. The van der Waals surface area contributed by atoms with Gasteiger partial charge in [-0.25, -0.2) is 4.79 Å². The van der Waals surface area contributed by atoms with Crippen LogP contribution in [-0.4, -0.2) is 26.1 Å². The molecule has 60 valence electrons. The van der Waals surface area contributed by atoms with E-state index in [1.807, 2.05) is 6.92 Å². The Morgan fingerprint density at radius 1 is 1.64 bits per heavy atom. The molecule has 0 amide bonds. The average molecular weight is 155 g/mol. The molecule has 0 radical (unpaired) electrons. The van der Waals surface area contributed by atoms with Crippen molar-refractivity contribution in [1.82, 2.24) is 15.0 Å². The molecule has 1 aromatic rings. The SMILES string of the molecule is CCc1nn(C)nc1C(=O)O. The number of aryl methyl sites for hydroxylation is 2. The lowest BCUT2D eigenvalue weighted by molar-refractivity contribution is 0.0688. The fourth-order valence-electron chi connectivity index (χ4n) is 0.851. The summed E-state index contributed by atoms with van der Waals surface area (Å²) in [6.45, 7) is 1.84. The molecule has 0 unspecified atom stereocenters. The molecule has 1 aromatic heterocycles. The number of carboxylic acids is 1. The maximum atomic E-state index is 10.5. The van der Waals surface area contributed by atoms with Gasteiger partial charge in [0.1, 0.15) is 0 Å². The van der Waals surface area contributed by atoms with Crippen LogP contribution in [0.15, 0.2) is 0 Å². The highest BCUT2D eigenvalue weighted by Crippen LogP contribution is 2.01. The lowest BCUT2D eigenvalue weighted by atomic mass is 10.3. The van der Waals surface area contributed by atoms with Crippen molar-refractivity contribution in [2.75, 3.05) is 0 Å². The predicted molar refractivity (Wildman–Crippen MR) is 37.3 cm³/mol. The largest absolute Gasteiger partial charge is 0.476 e. The van der Waals surface area contributed by atoms with E-state index in [2.05, 4.69) is 10.2 Å². The number of aromatic nitrogens is 3. The van der Waals surface area contributed by atoms with Crippen LogP contribution in [0.2, 0.25) is 0 Å². The third kappa shape index (κ3) is 1.36. The first kappa shape index (κ1) is 7.71. The second-order valence-corrected chi connectivity index (χ2v) is 2.14. The van der Waals surface area contributed by atoms with Gasteiger partial charge in [-0.1, -0.05) is 6.92 Å². The summed E-state index contributed by atoms with van der Waals surface area (Å²) in [5, 5.41) is 16.2. The van der Waals surface area contributed by atoms with Gasteiger partial charge in [-0.3, -0.25) is 0 Å². The highest BCUT2D eigenvalue weighted by molar-refractivity contribution is 5.86. The lowest BCUT2D eigenvalue weighted by Gasteiger charge is -1.86. The number of hydrogen-bond acceptors (Lipinski definition) is 3. The van der Waals surface area contributed by atoms with Crippen LogP contribution in [0.1, 0.15) is 23.1 Å². The molecular weight excluding hydrogens is 146 g/mol. The molecule has 0 aliphatic rings. The monoisotopic (exact) mass is 155 g/mol. The van der Waals surface area contributed by atoms with Crippen LogP contribution in [0.25, 0.3) is 0 Å². The molecule has 0 aliphatic heterocycles. The van der Waals surface area contributed by atoms with Crippen LogP contribution in [0.4, 0.5) is 0 Å². The molecule has 0 aliphatic carbocycles. The topological polar surface area (TPSA) is 68.0 Å². The van der Waals surface area contributed by atoms with Crippen molar-refractivity contribution in [3.63, 3.8) is 0 Å². The van der Waals surface area contributed by atoms with E-state index in [1.165, 1.54) is 4.80 Å². The fourth-order valence-corrected chi connectivity index (χ4v) is 0.851. The first-order valence-electron chi connectivity index (χ1n) is 3.28. The molecule has 11 heavy (non-hydrogen) atoms. The van der Waals surface area contributed by atoms with Crippen molar-refractivity contribution < 1.29 is 9.90 Å². The molecule has 1 heterocycles. The van der Waals surface area contributed by atoms with E-state index >= 15 is 0 Å². The Morgan fingerprint density at radius 2 is 2.27 bits per heavy atom. The summed E-state index contributed by atoms with van der Waals surface area (Å²) in [6.07, 6.45) is 0.593. The van der Waals surface area contributed by atoms with Crippen molar-refractivity contribution >= 4 is 5.97 Å². The zero-order valence-corrected chi connectivity index (χ0v) is 6.40. The van der Waals surface area contributed by atoms with Crippen LogP contribution in [0.5, 0.6) is 0 Å². The van der Waals surface area contributed by atoms with Gasteiger partial charge in [0.05, 0.1) is 5.69 Å². The van der Waals surface area contributed by atoms with Gasteiger partial charge in [0.2, 0.25) is 0 Å². The third-order valence-corrected chi connectivity index (χ3v) is 1.32. The normalized spacial score (nSPS) is 10.0. The fraction of sp³-hybridized carbons (Fsp3) is 0.500. The first-order valence-corrected chi connectivity index (χ1v) is 3.28. The van der Waals surface area contributed by atoms with Crippen molar-refractivity contribution in [1.29, 1.82) is 0 Å². The van der Waals surface area contributed by atoms with E-state index in [0.29, 0.717) is 12.1 Å². The maximum Gasteiger partial charge on any atom is 0.358 e. The third-order valence-electron chi connectivity index (χ3n) is 1.32. The van der Waals surface area contributed by atoms with E-state index in [0.717, 1.165) is 0 Å². The van der Waals surface area contributed by atoms with Gasteiger partial charge in [0.25, 0.3) is 0 Å². The molecule has 0 fully saturated rings. The Morgan fingerprint density at radius 3 is 2.64 bits per heavy atom. The highest BCUT2D eigenvalue weighted by Gasteiger charge is 2.14. The Bertz CT molecular complexity index is 279. The van der Waals surface area contributed by atoms with Gasteiger partial charge in [-0.05, 0) is 6.42 Å². The Kier molecular flexibility index (Phi) is 1.89. The molecule has 0 saturated heterocycles. The van der Waals surface area contributed by atoms with Crippen molar-refractivity contribution in [3.8, 4) is 0 Å². The van der Waals surface area contributed by atoms with Gasteiger partial charge in [-0.2, -0.15) is 9.90 Å². The number of carbonyl (C=O) groups is 1. The van der Waals surface area contributed by atoms with Crippen molar-refractivity contribution in [3.05, 3.63) is 11.4 Å². The van der Waals surface area contributed by atoms with Gasteiger partial charge >= 0.3 is 5.97 Å². The van der Waals surface area contributed by atoms with Crippen LogP contribution in [0.3, 0.4) is 0 Å². The summed E-state index contributed by atoms with van der Waals surface area (Å²) in [4.78, 5) is 11.7. The van der Waals surface area contributed by atoms with Crippen LogP contribution in [0, 0.1) is 0 Å². The quantitative estimate of drug-likeness (QED) is 0.656. The number of rotatable bonds is 2. The van der Waals surface area contributed by atoms with E-state index in [4.69, 9.17) is 5.11 Å². The number of nitrogens with zero attached hydrogens (tertiary/aromatic N) is 3. The van der Waals surface area contributed by atoms with Crippen LogP contribution in [-0.2, 0) is 13.5 Å². The van der Waals surface area contributed by atoms with E-state index < -0.39 is 5.97 Å². The summed E-state index contributed by atoms with van der Waals surface area (Å²) < 4.78 is 0. The second kappa shape index (κ2) is 2.69. The van der Waals surface area contributed by atoms with E-state index in [-0.39, 0.29) is 5.69 Å². The standard InChI is InChI=1S/C6H9N3O2/c1-3-4-5(6(10)11)8-9(2)7-4/h3H2,1-2H3,(H,10,11). The Labute approximate surface area is 63.6 Å². The molecule has 0 spiro atoms. The molecular formula is C6H9N3O2. The van der Waals surface area contributed by atoms with Crippen LogP contribution < -0.4 is 0 Å². The van der Waals surface area contributed by atoms with E-state index in [9.17, 15) is 4.79 Å². The number of hydrogen-bond donors (Lipinski definition) is 1. The molecule has 0 atom stereocenters. The van der Waals surface area contributed by atoms with Gasteiger partial charge in [0, 0.05) is 7.05 Å². The summed E-state index contributed by atoms with van der Waals surface area (Å²) in [6, 6.07) is 0. The second-order valence-electron chi connectivity index (χ2n) is 2.14. The van der Waals surface area contributed by atoms with Crippen molar-refractivity contribution in [2.45, 2.75) is 13.3 Å². The van der Waals surface area contributed by atoms with Gasteiger partial charge in [-0.15, -0.1) is 5.10 Å². The molecule has 1 N–H and O–H groups in total. The lowest BCUT2D eigenvalue weighted by Crippen LogP contribution is -2.01. The minimum absolute atomic E-state index is 0.0509. The molecule has 0 saturated carbocycles. The molecule has 0 bridgehead atoms. The van der Waals surface area contributed by atoms with Crippen LogP contribution >= 0.6 is 0 Å². The zero-order chi connectivity index (χ0) is 8.43.